The SMILES string of the molecule is C=CB=C(C)NC(C)=O.CC. The fraction of sp³-hybridized carbons (Fsp3) is 0.500. The van der Waals surface area contributed by atoms with E-state index in [-0.39, 0.29) is 5.91 Å². The minimum Gasteiger partial charge on any atom is -0.0683 e. The number of carbonyl (C=O) groups is 1. The molecule has 0 rings (SSSR count). The van der Waals surface area contributed by atoms with E-state index >= 15 is 0 Å². The van der Waals surface area contributed by atoms with E-state index in [4.69, 9.17) is 0 Å². The van der Waals surface area contributed by atoms with Crippen LogP contribution in [0.4, 0.5) is 0 Å². The van der Waals surface area contributed by atoms with Gasteiger partial charge < -0.3 is 0 Å². The molecule has 11 heavy (non-hydrogen) atoms. The molecule has 0 spiro atoms. The van der Waals surface area contributed by atoms with Crippen molar-refractivity contribution in [1.29, 1.82) is 0 Å². The smallest absolute Gasteiger partial charge is 0.0683 e. The maximum absolute atomic E-state index is 10.3. The first kappa shape index (κ1) is 12.8. The summed E-state index contributed by atoms with van der Waals surface area (Å²) in [4.78, 5) is 10.3. The van der Waals surface area contributed by atoms with E-state index < -0.39 is 0 Å². The van der Waals surface area contributed by atoms with Crippen LogP contribution in [0.5, 0.6) is 0 Å². The molecule has 0 bridgehead atoms. The average molecular weight is 153 g/mol. The van der Waals surface area contributed by atoms with E-state index in [1.54, 1.807) is 12.9 Å². The van der Waals surface area contributed by atoms with Crippen LogP contribution in [-0.4, -0.2) is 18.4 Å². The molecule has 0 fully saturated rings. The van der Waals surface area contributed by atoms with E-state index in [0.29, 0.717) is 0 Å². The minimum absolute atomic E-state index is 0.0504. The zero-order chi connectivity index (χ0) is 9.28. The van der Waals surface area contributed by atoms with Crippen molar-refractivity contribution >= 4 is 18.4 Å². The third-order valence-electron chi connectivity index (χ3n) is 0.741. The van der Waals surface area contributed by atoms with Gasteiger partial charge in [-0.3, -0.25) is 0 Å². The molecule has 0 saturated carbocycles. The first-order valence-electron chi connectivity index (χ1n) is 3.73. The molecule has 0 aliphatic carbocycles. The van der Waals surface area contributed by atoms with Gasteiger partial charge in [0.2, 0.25) is 0 Å². The van der Waals surface area contributed by atoms with E-state index in [0.717, 1.165) is 5.59 Å². The van der Waals surface area contributed by atoms with E-state index in [9.17, 15) is 4.79 Å². The third-order valence-corrected chi connectivity index (χ3v) is 0.741. The molecule has 0 saturated heterocycles. The zero-order valence-electron chi connectivity index (χ0n) is 7.77. The van der Waals surface area contributed by atoms with Crippen molar-refractivity contribution in [1.82, 2.24) is 5.32 Å². The fourth-order valence-electron chi connectivity index (χ4n) is 0.496. The molecular formula is C8H16BNO. The maximum Gasteiger partial charge on any atom is -0.0683 e. The fourth-order valence-corrected chi connectivity index (χ4v) is 0.496. The van der Waals surface area contributed by atoms with Gasteiger partial charge in [0.1, 0.15) is 0 Å². The first-order chi connectivity index (χ1) is 5.16. The molecule has 1 amide bonds. The zero-order valence-corrected chi connectivity index (χ0v) is 7.77. The summed E-state index contributed by atoms with van der Waals surface area (Å²) in [6, 6.07) is 0. The van der Waals surface area contributed by atoms with Crippen LogP contribution in [0.3, 0.4) is 0 Å². The summed E-state index contributed by atoms with van der Waals surface area (Å²) in [6.07, 6.45) is 0. The molecule has 0 unspecified atom stereocenters. The number of amides is 1. The molecule has 62 valence electrons. The monoisotopic (exact) mass is 153 g/mol. The van der Waals surface area contributed by atoms with Gasteiger partial charge in [-0.25, -0.2) is 0 Å². The number of carbonyl (C=O) groups excluding carboxylic acids is 1. The topological polar surface area (TPSA) is 29.1 Å². The summed E-state index contributed by atoms with van der Waals surface area (Å²) in [5.74, 6) is 1.58. The van der Waals surface area contributed by atoms with Gasteiger partial charge in [0.25, 0.3) is 0 Å². The molecule has 2 nitrogen and oxygen atoms in total. The van der Waals surface area contributed by atoms with Gasteiger partial charge in [-0.1, -0.05) is 13.8 Å². The van der Waals surface area contributed by atoms with E-state index in [2.05, 4.69) is 11.9 Å². The minimum atomic E-state index is -0.0504. The number of hydrogen-bond acceptors (Lipinski definition) is 1. The van der Waals surface area contributed by atoms with Crippen molar-refractivity contribution in [3.63, 3.8) is 0 Å². The van der Waals surface area contributed by atoms with Gasteiger partial charge in [-0.05, 0) is 0 Å². The van der Waals surface area contributed by atoms with Crippen LogP contribution in [0.2, 0.25) is 0 Å². The Balaban J connectivity index is 0. The summed E-state index contributed by atoms with van der Waals surface area (Å²) in [5.41, 5.74) is 0.817. The normalized spacial score (nSPS) is 8.55. The van der Waals surface area contributed by atoms with Crippen LogP contribution in [0.25, 0.3) is 0 Å². The van der Waals surface area contributed by atoms with Gasteiger partial charge in [-0.2, -0.15) is 0 Å². The van der Waals surface area contributed by atoms with Crippen molar-refractivity contribution < 1.29 is 4.79 Å². The molecule has 3 heteroatoms. The number of nitrogens with one attached hydrogen (secondary N) is 1. The molecule has 0 aliphatic heterocycles. The van der Waals surface area contributed by atoms with Gasteiger partial charge in [0, 0.05) is 0 Å². The predicted octanol–water partition coefficient (Wildman–Crippen LogP) is 1.15. The van der Waals surface area contributed by atoms with Crippen LogP contribution in [0.1, 0.15) is 27.7 Å². The molecular weight excluding hydrogens is 137 g/mol. The van der Waals surface area contributed by atoms with Gasteiger partial charge in [-0.15, -0.1) is 0 Å². The second kappa shape index (κ2) is 9.14. The molecule has 0 heterocycles. The van der Waals surface area contributed by atoms with Crippen molar-refractivity contribution in [2.45, 2.75) is 27.7 Å². The Kier molecular flexibility index (Phi) is 10.6. The predicted molar refractivity (Wildman–Crippen MR) is 51.8 cm³/mol. The van der Waals surface area contributed by atoms with Crippen LogP contribution in [-0.2, 0) is 4.79 Å². The number of rotatable bonds is 2. The maximum atomic E-state index is 10.3. The Morgan fingerprint density at radius 1 is 1.45 bits per heavy atom. The third kappa shape index (κ3) is 12.4. The summed E-state index contributed by atoms with van der Waals surface area (Å²) in [7, 11) is 0. The van der Waals surface area contributed by atoms with Gasteiger partial charge in [0.05, 0.1) is 0 Å². The van der Waals surface area contributed by atoms with Crippen LogP contribution in [0.15, 0.2) is 12.6 Å². The molecule has 0 aromatic rings. The Morgan fingerprint density at radius 2 is 1.91 bits per heavy atom. The molecule has 0 atom stereocenters. The quantitative estimate of drug-likeness (QED) is 0.592. The summed E-state index contributed by atoms with van der Waals surface area (Å²) >= 11 is 0. The summed E-state index contributed by atoms with van der Waals surface area (Å²) < 4.78 is 0. The molecule has 0 aromatic heterocycles. The Labute approximate surface area is 69.6 Å². The van der Waals surface area contributed by atoms with Crippen molar-refractivity contribution in [2.24, 2.45) is 0 Å². The van der Waals surface area contributed by atoms with Crippen LogP contribution < -0.4 is 5.32 Å². The van der Waals surface area contributed by atoms with Gasteiger partial charge >= 0.3 is 54.9 Å². The number of hydrogen-bond donors (Lipinski definition) is 1. The van der Waals surface area contributed by atoms with Crippen molar-refractivity contribution in [3.05, 3.63) is 12.6 Å². The van der Waals surface area contributed by atoms with E-state index in [1.165, 1.54) is 6.92 Å². The van der Waals surface area contributed by atoms with E-state index in [1.807, 2.05) is 20.8 Å². The van der Waals surface area contributed by atoms with Gasteiger partial charge in [0.15, 0.2) is 0 Å². The van der Waals surface area contributed by atoms with Crippen LogP contribution >= 0.6 is 0 Å². The first-order valence-corrected chi connectivity index (χ1v) is 3.73. The Bertz CT molecular complexity index is 152. The second-order valence-electron chi connectivity index (χ2n) is 1.77. The largest absolute Gasteiger partial charge is 0.0683 e. The van der Waals surface area contributed by atoms with Crippen LogP contribution in [0, 0.1) is 0 Å². The average Bonchev–Trinajstić information content (AvgIpc) is 1.91. The Hall–Kier alpha value is -0.855. The standard InChI is InChI=1S/C6H10BNO.C2H6/c1-4-7-5(2)8-6(3)9;1-2/h4H,1H2,2-3H3,(H,8,9);1-2H3. The summed E-state index contributed by atoms with van der Waals surface area (Å²) in [6.45, 7) is 12.5. The molecule has 1 N–H and O–H groups in total. The summed E-state index contributed by atoms with van der Waals surface area (Å²) in [5, 5.41) is 2.59. The molecule has 0 radical (unpaired) electrons. The second-order valence-corrected chi connectivity index (χ2v) is 1.77. The van der Waals surface area contributed by atoms with Crippen molar-refractivity contribution in [3.8, 4) is 0 Å². The molecule has 0 aliphatic rings. The molecule has 0 aromatic carbocycles. The van der Waals surface area contributed by atoms with Crippen molar-refractivity contribution in [2.75, 3.05) is 0 Å². The Morgan fingerprint density at radius 3 is 2.18 bits per heavy atom.